The van der Waals surface area contributed by atoms with Crippen molar-refractivity contribution in [1.29, 1.82) is 0 Å². The molecule has 14 heavy (non-hydrogen) atoms. The van der Waals surface area contributed by atoms with E-state index < -0.39 is 12.3 Å². The van der Waals surface area contributed by atoms with Gasteiger partial charge in [-0.15, -0.1) is 6.61 Å². The minimum absolute atomic E-state index is 0. The van der Waals surface area contributed by atoms with Crippen LogP contribution >= 0.6 is 0 Å². The molecule has 0 radical (unpaired) electrons. The Morgan fingerprint density at radius 1 is 1.21 bits per heavy atom. The third-order valence-electron chi connectivity index (χ3n) is 3.08. The minimum Gasteiger partial charge on any atom is -0.854 e. The topological polar surface area (TPSA) is 26.3 Å². The van der Waals surface area contributed by atoms with E-state index in [2.05, 4.69) is 0 Å². The molecule has 2 unspecified atom stereocenters. The van der Waals surface area contributed by atoms with Gasteiger partial charge in [0.2, 0.25) is 0 Å². The summed E-state index contributed by atoms with van der Waals surface area (Å²) in [5.74, 6) is 0. The molecular formula is C9H14F2KNO. The van der Waals surface area contributed by atoms with Crippen LogP contribution in [0.25, 0.3) is 0 Å². The van der Waals surface area contributed by atoms with Crippen LogP contribution in [-0.2, 0) is 0 Å². The van der Waals surface area contributed by atoms with Crippen molar-refractivity contribution in [2.24, 2.45) is 5.41 Å². The predicted octanol–water partition coefficient (Wildman–Crippen LogP) is -2.88. The van der Waals surface area contributed by atoms with Crippen molar-refractivity contribution in [2.45, 2.75) is 25.2 Å². The Morgan fingerprint density at radius 3 is 2.07 bits per heavy atom. The van der Waals surface area contributed by atoms with Crippen molar-refractivity contribution >= 4 is 0 Å². The maximum Gasteiger partial charge on any atom is 1.00 e. The van der Waals surface area contributed by atoms with Gasteiger partial charge in [-0.2, -0.15) is 0 Å². The number of rotatable bonds is 3. The fraction of sp³-hybridized carbons (Fsp3) is 1.00. The molecule has 1 saturated heterocycles. The van der Waals surface area contributed by atoms with E-state index in [9.17, 15) is 13.9 Å². The van der Waals surface area contributed by atoms with Crippen LogP contribution in [0.5, 0.6) is 0 Å². The van der Waals surface area contributed by atoms with Gasteiger partial charge in [-0.3, -0.25) is 4.90 Å². The summed E-state index contributed by atoms with van der Waals surface area (Å²) in [4.78, 5) is 1.75. The summed E-state index contributed by atoms with van der Waals surface area (Å²) in [6.45, 7) is 0.834. The van der Waals surface area contributed by atoms with E-state index in [0.29, 0.717) is 6.54 Å². The summed E-state index contributed by atoms with van der Waals surface area (Å²) < 4.78 is 25.5. The van der Waals surface area contributed by atoms with Crippen LogP contribution in [0.1, 0.15) is 12.8 Å². The summed E-state index contributed by atoms with van der Waals surface area (Å²) in [6.07, 6.45) is -0.827. The van der Waals surface area contributed by atoms with Crippen LogP contribution in [0.15, 0.2) is 0 Å². The molecule has 0 N–H and O–H groups in total. The Hall–Kier alpha value is 1.42. The SMILES string of the molecule is [K+].[O-]CC1(CN2CC(F)C(F)C2)CC1. The molecule has 0 bridgehead atoms. The summed E-state index contributed by atoms with van der Waals surface area (Å²) in [7, 11) is 0. The first-order chi connectivity index (χ1) is 6.15. The Bertz CT molecular complexity index is 191. The van der Waals surface area contributed by atoms with Gasteiger partial charge >= 0.3 is 51.4 Å². The Labute approximate surface area is 125 Å². The molecule has 2 aliphatic rings. The zero-order valence-corrected chi connectivity index (χ0v) is 11.6. The Morgan fingerprint density at radius 2 is 1.71 bits per heavy atom. The number of nitrogens with zero attached hydrogens (tertiary/aromatic N) is 1. The van der Waals surface area contributed by atoms with E-state index in [4.69, 9.17) is 0 Å². The first-order valence-electron chi connectivity index (χ1n) is 4.74. The molecule has 0 amide bonds. The van der Waals surface area contributed by atoms with Crippen LogP contribution in [-0.4, -0.2) is 43.5 Å². The summed E-state index contributed by atoms with van der Waals surface area (Å²) >= 11 is 0. The molecule has 5 heteroatoms. The van der Waals surface area contributed by atoms with Gasteiger partial charge in [0.25, 0.3) is 0 Å². The van der Waals surface area contributed by atoms with Gasteiger partial charge in [-0.1, -0.05) is 0 Å². The molecule has 2 rings (SSSR count). The minimum atomic E-state index is -1.34. The number of alkyl halides is 2. The van der Waals surface area contributed by atoms with Crippen molar-refractivity contribution in [3.63, 3.8) is 0 Å². The Kier molecular flexibility index (Phi) is 4.97. The van der Waals surface area contributed by atoms with Crippen LogP contribution in [0, 0.1) is 5.41 Å². The summed E-state index contributed by atoms with van der Waals surface area (Å²) in [6, 6.07) is 0. The summed E-state index contributed by atoms with van der Waals surface area (Å²) in [5.41, 5.74) is -0.135. The standard InChI is InChI=1S/C9H14F2NO.K/c10-7-3-12(4-8(7)11)5-9(6-13)1-2-9;/h7-8H,1-6H2;/q-1;+1. The van der Waals surface area contributed by atoms with Crippen LogP contribution in [0.2, 0.25) is 0 Å². The average molecular weight is 229 g/mol. The maximum absolute atomic E-state index is 12.8. The molecule has 2 atom stereocenters. The second-order valence-corrected chi connectivity index (χ2v) is 4.37. The fourth-order valence-electron chi connectivity index (χ4n) is 1.92. The van der Waals surface area contributed by atoms with Crippen LogP contribution < -0.4 is 56.5 Å². The van der Waals surface area contributed by atoms with Gasteiger partial charge in [0, 0.05) is 19.6 Å². The molecule has 2 nitrogen and oxygen atoms in total. The Balaban J connectivity index is 0.000000980. The zero-order chi connectivity index (χ0) is 9.47. The fourth-order valence-corrected chi connectivity index (χ4v) is 1.92. The summed E-state index contributed by atoms with van der Waals surface area (Å²) in [5, 5.41) is 10.8. The third-order valence-corrected chi connectivity index (χ3v) is 3.08. The molecular weight excluding hydrogens is 215 g/mol. The van der Waals surface area contributed by atoms with Crippen molar-refractivity contribution in [2.75, 3.05) is 26.2 Å². The van der Waals surface area contributed by atoms with Gasteiger partial charge < -0.3 is 5.11 Å². The monoisotopic (exact) mass is 229 g/mol. The van der Waals surface area contributed by atoms with Gasteiger partial charge in [0.1, 0.15) is 12.3 Å². The molecule has 1 aliphatic heterocycles. The quantitative estimate of drug-likeness (QED) is 0.486. The molecule has 1 heterocycles. The zero-order valence-electron chi connectivity index (χ0n) is 8.51. The van der Waals surface area contributed by atoms with E-state index in [-0.39, 0.29) is 76.5 Å². The van der Waals surface area contributed by atoms with Crippen molar-refractivity contribution in [1.82, 2.24) is 4.90 Å². The predicted molar refractivity (Wildman–Crippen MR) is 42.8 cm³/mol. The van der Waals surface area contributed by atoms with Gasteiger partial charge in [0.15, 0.2) is 0 Å². The number of hydrogen-bond donors (Lipinski definition) is 0. The molecule has 0 aromatic rings. The molecule has 76 valence electrons. The maximum atomic E-state index is 12.8. The van der Waals surface area contributed by atoms with Crippen molar-refractivity contribution < 1.29 is 65.3 Å². The average Bonchev–Trinajstić information content (AvgIpc) is 2.78. The largest absolute Gasteiger partial charge is 1.00 e. The molecule has 0 spiro atoms. The molecule has 0 aromatic heterocycles. The normalized spacial score (nSPS) is 35.4. The number of halogens is 2. The van der Waals surface area contributed by atoms with Crippen LogP contribution in [0.3, 0.4) is 0 Å². The van der Waals surface area contributed by atoms with Gasteiger partial charge in [-0.05, 0) is 18.3 Å². The number of likely N-dealkylation sites (tertiary alicyclic amines) is 1. The van der Waals surface area contributed by atoms with Gasteiger partial charge in [-0.25, -0.2) is 8.78 Å². The van der Waals surface area contributed by atoms with E-state index in [1.807, 2.05) is 0 Å². The molecule has 1 saturated carbocycles. The van der Waals surface area contributed by atoms with E-state index in [1.165, 1.54) is 0 Å². The van der Waals surface area contributed by atoms with E-state index in [1.54, 1.807) is 4.90 Å². The van der Waals surface area contributed by atoms with E-state index in [0.717, 1.165) is 12.8 Å². The first-order valence-corrected chi connectivity index (χ1v) is 4.74. The van der Waals surface area contributed by atoms with Crippen LogP contribution in [0.4, 0.5) is 8.78 Å². The smallest absolute Gasteiger partial charge is 0.854 e. The van der Waals surface area contributed by atoms with Gasteiger partial charge in [0.05, 0.1) is 0 Å². The first kappa shape index (κ1) is 13.5. The number of hydrogen-bond acceptors (Lipinski definition) is 2. The van der Waals surface area contributed by atoms with E-state index >= 15 is 0 Å². The second-order valence-electron chi connectivity index (χ2n) is 4.37. The third kappa shape index (κ3) is 2.96. The van der Waals surface area contributed by atoms with Crippen molar-refractivity contribution in [3.05, 3.63) is 0 Å². The molecule has 2 fully saturated rings. The molecule has 1 aliphatic carbocycles. The van der Waals surface area contributed by atoms with Crippen molar-refractivity contribution in [3.8, 4) is 0 Å². The molecule has 0 aromatic carbocycles. The second kappa shape index (κ2) is 5.16.